The highest BCUT2D eigenvalue weighted by Crippen LogP contribution is 2.22. The fourth-order valence-corrected chi connectivity index (χ4v) is 3.30. The molecule has 0 unspecified atom stereocenters. The number of nitrogens with one attached hydrogen (secondary N) is 1. The molecule has 1 heterocycles. The van der Waals surface area contributed by atoms with Crippen LogP contribution in [0.2, 0.25) is 0 Å². The van der Waals surface area contributed by atoms with Crippen LogP contribution < -0.4 is 4.72 Å². The first kappa shape index (κ1) is 14.8. The number of anilines is 1. The van der Waals surface area contributed by atoms with Crippen LogP contribution in [0.5, 0.6) is 0 Å². The summed E-state index contributed by atoms with van der Waals surface area (Å²) in [6.45, 7) is 0. The summed E-state index contributed by atoms with van der Waals surface area (Å²) in [6.07, 6.45) is 1.35. The number of benzene rings is 1. The molecule has 7 nitrogen and oxygen atoms in total. The molecular weight excluding hydrogens is 397 g/mol. The van der Waals surface area contributed by atoms with Crippen LogP contribution >= 0.6 is 22.6 Å². The number of halogens is 1. The Morgan fingerprint density at radius 2 is 2.10 bits per heavy atom. The molecule has 1 aromatic carbocycles. The zero-order valence-corrected chi connectivity index (χ0v) is 13.2. The van der Waals surface area contributed by atoms with E-state index in [4.69, 9.17) is 5.11 Å². The van der Waals surface area contributed by atoms with E-state index >= 15 is 0 Å². The fraction of sp³-hybridized carbons (Fsp3) is 0.0909. The molecule has 0 spiro atoms. The number of carbonyl (C=O) groups is 1. The quantitative estimate of drug-likeness (QED) is 0.749. The standard InChI is InChI=1S/C11H10IN3O4S/c1-15-10(4-5-13-15)20(18,19)14-9-3-2-7(12)6-8(9)11(16)17/h2-6,14H,1H3,(H,16,17). The van der Waals surface area contributed by atoms with E-state index in [2.05, 4.69) is 9.82 Å². The monoisotopic (exact) mass is 407 g/mol. The molecule has 0 fully saturated rings. The van der Waals surface area contributed by atoms with Crippen molar-refractivity contribution in [3.63, 3.8) is 0 Å². The largest absolute Gasteiger partial charge is 0.478 e. The maximum absolute atomic E-state index is 12.2. The number of aromatic nitrogens is 2. The Labute approximate surface area is 128 Å². The minimum absolute atomic E-state index is 0.0131. The normalized spacial score (nSPS) is 11.3. The molecule has 0 amide bonds. The summed E-state index contributed by atoms with van der Waals surface area (Å²) in [4.78, 5) is 11.2. The lowest BCUT2D eigenvalue weighted by Gasteiger charge is -2.10. The third kappa shape index (κ3) is 2.93. The molecule has 9 heteroatoms. The van der Waals surface area contributed by atoms with E-state index in [1.165, 1.54) is 36.1 Å². The number of aryl methyl sites for hydroxylation is 1. The van der Waals surface area contributed by atoms with Gasteiger partial charge in [-0.25, -0.2) is 4.79 Å². The van der Waals surface area contributed by atoms with Gasteiger partial charge >= 0.3 is 5.97 Å². The van der Waals surface area contributed by atoms with Gasteiger partial charge in [-0.1, -0.05) is 0 Å². The molecule has 1 aromatic heterocycles. The third-order valence-corrected chi connectivity index (χ3v) is 4.62. The molecule has 2 aromatic rings. The molecule has 0 aliphatic heterocycles. The summed E-state index contributed by atoms with van der Waals surface area (Å²) in [6, 6.07) is 5.76. The highest BCUT2D eigenvalue weighted by atomic mass is 127. The summed E-state index contributed by atoms with van der Waals surface area (Å²) in [5, 5.41) is 12.8. The summed E-state index contributed by atoms with van der Waals surface area (Å²) in [5.74, 6) is -1.20. The van der Waals surface area contributed by atoms with Gasteiger partial charge in [0, 0.05) is 10.6 Å². The SMILES string of the molecule is Cn1nccc1S(=O)(=O)Nc1ccc(I)cc1C(=O)O. The van der Waals surface area contributed by atoms with Gasteiger partial charge < -0.3 is 5.11 Å². The van der Waals surface area contributed by atoms with Crippen molar-refractivity contribution in [2.24, 2.45) is 7.05 Å². The van der Waals surface area contributed by atoms with Gasteiger partial charge in [-0.15, -0.1) is 0 Å². The van der Waals surface area contributed by atoms with Crippen molar-refractivity contribution in [2.75, 3.05) is 4.72 Å². The van der Waals surface area contributed by atoms with Gasteiger partial charge in [-0.2, -0.15) is 13.5 Å². The molecular formula is C11H10IN3O4S. The van der Waals surface area contributed by atoms with E-state index in [1.807, 2.05) is 22.6 Å². The van der Waals surface area contributed by atoms with Gasteiger partial charge in [0.05, 0.1) is 17.4 Å². The lowest BCUT2D eigenvalue weighted by atomic mass is 10.2. The Morgan fingerprint density at radius 3 is 2.65 bits per heavy atom. The van der Waals surface area contributed by atoms with Gasteiger partial charge in [0.25, 0.3) is 10.0 Å². The summed E-state index contributed by atoms with van der Waals surface area (Å²) in [7, 11) is -2.40. The van der Waals surface area contributed by atoms with E-state index in [-0.39, 0.29) is 16.3 Å². The molecule has 0 bridgehead atoms. The number of aromatic carboxylic acids is 1. The minimum Gasteiger partial charge on any atom is -0.478 e. The van der Waals surface area contributed by atoms with Crippen LogP contribution in [0, 0.1) is 3.57 Å². The van der Waals surface area contributed by atoms with Crippen molar-refractivity contribution in [1.29, 1.82) is 0 Å². The molecule has 0 aliphatic rings. The number of hydrogen-bond donors (Lipinski definition) is 2. The lowest BCUT2D eigenvalue weighted by Crippen LogP contribution is -2.18. The number of rotatable bonds is 4. The molecule has 0 saturated heterocycles. The molecule has 20 heavy (non-hydrogen) atoms. The zero-order valence-electron chi connectivity index (χ0n) is 10.2. The number of nitrogens with zero attached hydrogens (tertiary/aromatic N) is 2. The summed E-state index contributed by atoms with van der Waals surface area (Å²) in [5.41, 5.74) is -0.0956. The Hall–Kier alpha value is -1.62. The predicted octanol–water partition coefficient (Wildman–Crippen LogP) is 1.52. The first-order valence-electron chi connectivity index (χ1n) is 5.35. The first-order valence-corrected chi connectivity index (χ1v) is 7.91. The number of carboxylic acids is 1. The molecule has 0 radical (unpaired) electrons. The van der Waals surface area contributed by atoms with Crippen LogP contribution in [0.4, 0.5) is 5.69 Å². The molecule has 0 atom stereocenters. The van der Waals surface area contributed by atoms with E-state index in [0.29, 0.717) is 3.57 Å². The zero-order chi connectivity index (χ0) is 14.9. The highest BCUT2D eigenvalue weighted by Gasteiger charge is 2.21. The number of hydrogen-bond acceptors (Lipinski definition) is 4. The molecule has 2 N–H and O–H groups in total. The van der Waals surface area contributed by atoms with E-state index in [9.17, 15) is 13.2 Å². The van der Waals surface area contributed by atoms with E-state index in [0.717, 1.165) is 0 Å². The Morgan fingerprint density at radius 1 is 1.40 bits per heavy atom. The average molecular weight is 407 g/mol. The summed E-state index contributed by atoms with van der Waals surface area (Å²) < 4.78 is 28.5. The van der Waals surface area contributed by atoms with E-state index < -0.39 is 16.0 Å². The van der Waals surface area contributed by atoms with Crippen LogP contribution in [0.15, 0.2) is 35.5 Å². The van der Waals surface area contributed by atoms with Gasteiger partial charge in [-0.05, 0) is 46.9 Å². The number of sulfonamides is 1. The van der Waals surface area contributed by atoms with Gasteiger partial charge in [0.1, 0.15) is 0 Å². The molecule has 106 valence electrons. The van der Waals surface area contributed by atoms with Crippen LogP contribution in [0.3, 0.4) is 0 Å². The second kappa shape index (κ2) is 5.40. The van der Waals surface area contributed by atoms with Crippen molar-refractivity contribution in [1.82, 2.24) is 9.78 Å². The van der Waals surface area contributed by atoms with Crippen molar-refractivity contribution < 1.29 is 18.3 Å². The Kier molecular flexibility index (Phi) is 3.99. The van der Waals surface area contributed by atoms with Gasteiger partial charge in [0.15, 0.2) is 5.03 Å². The van der Waals surface area contributed by atoms with Gasteiger partial charge in [0.2, 0.25) is 0 Å². The van der Waals surface area contributed by atoms with Crippen LogP contribution in [0.25, 0.3) is 0 Å². The summed E-state index contributed by atoms with van der Waals surface area (Å²) >= 11 is 1.95. The third-order valence-electron chi connectivity index (χ3n) is 2.51. The van der Waals surface area contributed by atoms with Crippen molar-refractivity contribution in [2.45, 2.75) is 5.03 Å². The minimum atomic E-state index is -3.88. The van der Waals surface area contributed by atoms with Crippen molar-refractivity contribution >= 4 is 44.3 Å². The fourth-order valence-electron chi connectivity index (χ4n) is 1.60. The number of carboxylic acid groups (broad SMARTS) is 1. The van der Waals surface area contributed by atoms with Crippen molar-refractivity contribution in [3.05, 3.63) is 39.6 Å². The second-order valence-corrected chi connectivity index (χ2v) is 6.77. The first-order chi connectivity index (χ1) is 9.31. The molecule has 0 aliphatic carbocycles. The van der Waals surface area contributed by atoms with Crippen molar-refractivity contribution in [3.8, 4) is 0 Å². The van der Waals surface area contributed by atoms with Crippen LogP contribution in [-0.2, 0) is 17.1 Å². The maximum Gasteiger partial charge on any atom is 0.337 e. The Balaban J connectivity index is 2.45. The van der Waals surface area contributed by atoms with Crippen LogP contribution in [0.1, 0.15) is 10.4 Å². The van der Waals surface area contributed by atoms with Gasteiger partial charge in [-0.3, -0.25) is 9.40 Å². The Bertz CT molecular complexity index is 770. The predicted molar refractivity (Wildman–Crippen MR) is 80.1 cm³/mol. The molecule has 2 rings (SSSR count). The average Bonchev–Trinajstić information content (AvgIpc) is 2.78. The van der Waals surface area contributed by atoms with E-state index in [1.54, 1.807) is 6.07 Å². The molecule has 0 saturated carbocycles. The smallest absolute Gasteiger partial charge is 0.337 e. The second-order valence-electron chi connectivity index (χ2n) is 3.89. The van der Waals surface area contributed by atoms with Crippen LogP contribution in [-0.4, -0.2) is 29.3 Å². The topological polar surface area (TPSA) is 101 Å². The highest BCUT2D eigenvalue weighted by molar-refractivity contribution is 14.1. The maximum atomic E-state index is 12.2. The lowest BCUT2D eigenvalue weighted by molar-refractivity contribution is 0.0698.